The van der Waals surface area contributed by atoms with Gasteiger partial charge in [-0.3, -0.25) is 0 Å². The molecular weight excluding hydrogens is 577 g/mol. The van der Waals surface area contributed by atoms with Gasteiger partial charge in [-0.2, -0.15) is 0 Å². The molecule has 0 aliphatic heterocycles. The van der Waals surface area contributed by atoms with Crippen molar-refractivity contribution in [3.63, 3.8) is 0 Å². The van der Waals surface area contributed by atoms with E-state index in [1.807, 2.05) is 0 Å². The second-order valence-electron chi connectivity index (χ2n) is 12.8. The van der Waals surface area contributed by atoms with Crippen LogP contribution in [0.25, 0.3) is 98.0 Å². The maximum atomic E-state index is 2.46. The van der Waals surface area contributed by atoms with Crippen LogP contribution in [-0.2, 0) is 0 Å². The summed E-state index contributed by atoms with van der Waals surface area (Å²) in [6.45, 7) is 0. The first-order chi connectivity index (χ1) is 23.8. The van der Waals surface area contributed by atoms with Gasteiger partial charge in [0.1, 0.15) is 0 Å². The van der Waals surface area contributed by atoms with Crippen LogP contribution >= 0.6 is 0 Å². The fraction of sp³-hybridized carbons (Fsp3) is 0. The largest absolute Gasteiger partial charge is 0.0622 e. The van der Waals surface area contributed by atoms with Crippen LogP contribution in [0.4, 0.5) is 0 Å². The molecule has 0 amide bonds. The summed E-state index contributed by atoms with van der Waals surface area (Å²) in [4.78, 5) is 0. The lowest BCUT2D eigenvalue weighted by molar-refractivity contribution is 1.62. The molecule has 0 saturated carbocycles. The minimum absolute atomic E-state index is 1.21. The highest BCUT2D eigenvalue weighted by atomic mass is 14.3. The number of fused-ring (bicyclic) bond motifs is 9. The second kappa shape index (κ2) is 10.7. The van der Waals surface area contributed by atoms with Crippen LogP contribution in [0.2, 0.25) is 0 Å². The fourth-order valence-corrected chi connectivity index (χ4v) is 8.08. The number of rotatable bonds is 3. The Bertz CT molecular complexity index is 2870. The predicted octanol–water partition coefficient (Wildman–Crippen LogP) is 13.6. The molecule has 0 saturated heterocycles. The normalized spacial score (nSPS) is 11.8. The van der Waals surface area contributed by atoms with E-state index in [0.29, 0.717) is 0 Å². The van der Waals surface area contributed by atoms with Gasteiger partial charge in [-0.15, -0.1) is 0 Å². The Morgan fingerprint density at radius 1 is 0.208 bits per heavy atom. The third kappa shape index (κ3) is 4.03. The summed E-state index contributed by atoms with van der Waals surface area (Å²) < 4.78 is 0. The molecule has 0 nitrogen and oxygen atoms in total. The standard InChI is InChI=1S/C48H30/c1-2-12-32(13-3-1)45-30-46-41-27-25-34-16-6-8-19-36(34)39(41)28-29-44(46)47(42-22-10-17-31-14-4-9-20-37(31)42)48(45)43-23-11-21-38-35-18-7-5-15-33(35)24-26-40(38)43/h1-30H. The van der Waals surface area contributed by atoms with Crippen molar-refractivity contribution in [1.82, 2.24) is 0 Å². The van der Waals surface area contributed by atoms with E-state index in [4.69, 9.17) is 0 Å². The summed E-state index contributed by atoms with van der Waals surface area (Å²) in [5.74, 6) is 0. The molecule has 0 aliphatic rings. The molecule has 10 aromatic rings. The summed E-state index contributed by atoms with van der Waals surface area (Å²) in [5.41, 5.74) is 7.51. The molecule has 0 radical (unpaired) electrons. The molecule has 48 heavy (non-hydrogen) atoms. The van der Waals surface area contributed by atoms with Crippen molar-refractivity contribution in [2.24, 2.45) is 0 Å². The highest BCUT2D eigenvalue weighted by Gasteiger charge is 2.22. The monoisotopic (exact) mass is 606 g/mol. The van der Waals surface area contributed by atoms with Crippen molar-refractivity contribution in [2.75, 3.05) is 0 Å². The second-order valence-corrected chi connectivity index (χ2v) is 12.8. The molecule has 0 fully saturated rings. The van der Waals surface area contributed by atoms with Crippen molar-refractivity contribution in [3.05, 3.63) is 182 Å². The van der Waals surface area contributed by atoms with Gasteiger partial charge >= 0.3 is 0 Å². The minimum atomic E-state index is 1.21. The lowest BCUT2D eigenvalue weighted by atomic mass is 9.80. The quantitative estimate of drug-likeness (QED) is 0.176. The smallest absolute Gasteiger partial charge is 0.00139 e. The molecule has 0 atom stereocenters. The molecule has 0 heteroatoms. The number of hydrogen-bond acceptors (Lipinski definition) is 0. The van der Waals surface area contributed by atoms with E-state index in [1.54, 1.807) is 0 Å². The fourth-order valence-electron chi connectivity index (χ4n) is 8.08. The average molecular weight is 607 g/mol. The summed E-state index contributed by atoms with van der Waals surface area (Å²) >= 11 is 0. The third-order valence-electron chi connectivity index (χ3n) is 10.2. The first-order valence-corrected chi connectivity index (χ1v) is 16.7. The Labute approximate surface area is 279 Å². The molecular formula is C48H30. The van der Waals surface area contributed by atoms with Crippen LogP contribution in [0.1, 0.15) is 0 Å². The number of benzene rings is 10. The van der Waals surface area contributed by atoms with Gasteiger partial charge in [0, 0.05) is 0 Å². The van der Waals surface area contributed by atoms with Gasteiger partial charge < -0.3 is 0 Å². The van der Waals surface area contributed by atoms with Crippen molar-refractivity contribution < 1.29 is 0 Å². The van der Waals surface area contributed by atoms with Crippen LogP contribution in [0.3, 0.4) is 0 Å². The van der Waals surface area contributed by atoms with E-state index in [1.165, 1.54) is 98.0 Å². The van der Waals surface area contributed by atoms with Gasteiger partial charge in [0.15, 0.2) is 0 Å². The zero-order valence-electron chi connectivity index (χ0n) is 26.3. The molecule has 0 aliphatic carbocycles. The predicted molar refractivity (Wildman–Crippen MR) is 208 cm³/mol. The van der Waals surface area contributed by atoms with Gasteiger partial charge in [0.2, 0.25) is 0 Å². The Balaban J connectivity index is 1.45. The lowest BCUT2D eigenvalue weighted by Gasteiger charge is -2.23. The van der Waals surface area contributed by atoms with Gasteiger partial charge in [0.05, 0.1) is 0 Å². The van der Waals surface area contributed by atoms with Crippen LogP contribution in [0.15, 0.2) is 182 Å². The van der Waals surface area contributed by atoms with Crippen molar-refractivity contribution in [2.45, 2.75) is 0 Å². The molecule has 0 unspecified atom stereocenters. The van der Waals surface area contributed by atoms with Gasteiger partial charge in [0.25, 0.3) is 0 Å². The van der Waals surface area contributed by atoms with Crippen LogP contribution in [0, 0.1) is 0 Å². The van der Waals surface area contributed by atoms with Gasteiger partial charge in [-0.05, 0) is 104 Å². The maximum Gasteiger partial charge on any atom is -0.00139 e. The molecule has 222 valence electrons. The zero-order chi connectivity index (χ0) is 31.6. The minimum Gasteiger partial charge on any atom is -0.0622 e. The highest BCUT2D eigenvalue weighted by Crippen LogP contribution is 2.50. The van der Waals surface area contributed by atoms with Crippen LogP contribution in [0.5, 0.6) is 0 Å². The number of hydrogen-bond donors (Lipinski definition) is 0. The van der Waals surface area contributed by atoms with Crippen molar-refractivity contribution >= 4 is 64.6 Å². The Morgan fingerprint density at radius 2 is 0.667 bits per heavy atom. The third-order valence-corrected chi connectivity index (χ3v) is 10.2. The van der Waals surface area contributed by atoms with Crippen molar-refractivity contribution in [1.29, 1.82) is 0 Å². The summed E-state index contributed by atoms with van der Waals surface area (Å²) in [7, 11) is 0. The van der Waals surface area contributed by atoms with Gasteiger partial charge in [-0.25, -0.2) is 0 Å². The first-order valence-electron chi connectivity index (χ1n) is 16.7. The molecule has 0 N–H and O–H groups in total. The Morgan fingerprint density at radius 3 is 1.40 bits per heavy atom. The maximum absolute atomic E-state index is 2.46. The Hall–Kier alpha value is -6.24. The van der Waals surface area contributed by atoms with E-state index >= 15 is 0 Å². The van der Waals surface area contributed by atoms with E-state index in [2.05, 4.69) is 182 Å². The van der Waals surface area contributed by atoms with Crippen LogP contribution < -0.4 is 0 Å². The molecule has 0 spiro atoms. The zero-order valence-corrected chi connectivity index (χ0v) is 26.3. The lowest BCUT2D eigenvalue weighted by Crippen LogP contribution is -1.95. The SMILES string of the molecule is c1ccc(-c2cc3c(ccc4c5ccccc5ccc34)c(-c3cccc4ccccc34)c2-c2cccc3c2ccc2ccccc23)cc1. The summed E-state index contributed by atoms with van der Waals surface area (Å²) in [5, 5.41) is 15.2. The summed E-state index contributed by atoms with van der Waals surface area (Å²) in [6, 6.07) is 67.2. The topological polar surface area (TPSA) is 0 Å². The average Bonchev–Trinajstić information content (AvgIpc) is 3.16. The highest BCUT2D eigenvalue weighted by molar-refractivity contribution is 6.25. The molecule has 0 heterocycles. The van der Waals surface area contributed by atoms with E-state index < -0.39 is 0 Å². The Kier molecular flexibility index (Phi) is 5.98. The first kappa shape index (κ1) is 26.9. The molecule has 0 aromatic heterocycles. The molecule has 10 aromatic carbocycles. The van der Waals surface area contributed by atoms with Gasteiger partial charge in [-0.1, -0.05) is 176 Å². The van der Waals surface area contributed by atoms with E-state index in [0.717, 1.165) is 0 Å². The molecule has 0 bridgehead atoms. The van der Waals surface area contributed by atoms with Crippen molar-refractivity contribution in [3.8, 4) is 33.4 Å². The van der Waals surface area contributed by atoms with Crippen LogP contribution in [-0.4, -0.2) is 0 Å². The molecule has 10 rings (SSSR count). The van der Waals surface area contributed by atoms with E-state index in [9.17, 15) is 0 Å². The summed E-state index contributed by atoms with van der Waals surface area (Å²) in [6.07, 6.45) is 0. The van der Waals surface area contributed by atoms with E-state index in [-0.39, 0.29) is 0 Å².